The van der Waals surface area contributed by atoms with E-state index in [1.54, 1.807) is 32.2 Å². The van der Waals surface area contributed by atoms with E-state index in [0.29, 0.717) is 72.0 Å². The maximum atomic E-state index is 13.7. The van der Waals surface area contributed by atoms with Gasteiger partial charge in [-0.05, 0) is 49.2 Å². The molecule has 7 nitrogen and oxygen atoms in total. The molecule has 1 saturated heterocycles. The van der Waals surface area contributed by atoms with Gasteiger partial charge in [-0.1, -0.05) is 76.4 Å². The summed E-state index contributed by atoms with van der Waals surface area (Å²) in [5.41, 5.74) is 4.65. The van der Waals surface area contributed by atoms with Gasteiger partial charge in [0.25, 0.3) is 5.91 Å². The first-order valence-corrected chi connectivity index (χ1v) is 14.3. The molecule has 0 N–H and O–H groups in total. The molecule has 1 fully saturated rings. The number of halogens is 2. The van der Waals surface area contributed by atoms with Crippen molar-refractivity contribution < 1.29 is 18.8 Å². The molecule has 3 aromatic carbocycles. The van der Waals surface area contributed by atoms with Crippen LogP contribution in [0.5, 0.6) is 5.75 Å². The lowest BCUT2D eigenvalue weighted by Gasteiger charge is -2.36. The molecule has 1 aromatic heterocycles. The van der Waals surface area contributed by atoms with Gasteiger partial charge in [0.2, 0.25) is 0 Å². The lowest BCUT2D eigenvalue weighted by molar-refractivity contribution is 0.00332. The molecule has 1 aliphatic heterocycles. The van der Waals surface area contributed by atoms with E-state index in [1.165, 1.54) is 5.56 Å². The van der Waals surface area contributed by atoms with Crippen molar-refractivity contribution in [3.8, 4) is 17.0 Å². The smallest absolute Gasteiger partial charge is 0.259 e. The molecule has 1 atom stereocenters. The predicted octanol–water partition coefficient (Wildman–Crippen LogP) is 6.99. The normalized spacial score (nSPS) is 14.7. The largest absolute Gasteiger partial charge is 0.497 e. The maximum Gasteiger partial charge on any atom is 0.259 e. The Morgan fingerprint density at radius 1 is 0.976 bits per heavy atom. The minimum Gasteiger partial charge on any atom is -0.497 e. The summed E-state index contributed by atoms with van der Waals surface area (Å²) in [5.74, 6) is 1.08. The second kappa shape index (κ2) is 13.1. The number of hydrogen-bond donors (Lipinski definition) is 0. The molecule has 5 rings (SSSR count). The average molecular weight is 595 g/mol. The van der Waals surface area contributed by atoms with Gasteiger partial charge in [0.1, 0.15) is 22.8 Å². The molecule has 214 valence electrons. The van der Waals surface area contributed by atoms with Gasteiger partial charge < -0.3 is 18.9 Å². The van der Waals surface area contributed by atoms with Gasteiger partial charge in [0.15, 0.2) is 0 Å². The molecular formula is C32H33Cl2N3O4. The van der Waals surface area contributed by atoms with Crippen LogP contribution in [-0.2, 0) is 11.3 Å². The lowest BCUT2D eigenvalue weighted by atomic mass is 10.0. The van der Waals surface area contributed by atoms with Crippen LogP contribution in [0.3, 0.4) is 0 Å². The van der Waals surface area contributed by atoms with Crippen molar-refractivity contribution in [1.82, 2.24) is 15.0 Å². The number of carbonyl (C=O) groups is 1. The first kappa shape index (κ1) is 29.1. The highest BCUT2D eigenvalue weighted by molar-refractivity contribution is 6.39. The van der Waals surface area contributed by atoms with Crippen LogP contribution >= 0.6 is 23.2 Å². The molecule has 4 aromatic rings. The molecule has 0 aliphatic carbocycles. The fourth-order valence-electron chi connectivity index (χ4n) is 5.02. The van der Waals surface area contributed by atoms with E-state index in [1.807, 2.05) is 23.1 Å². The molecule has 9 heteroatoms. The summed E-state index contributed by atoms with van der Waals surface area (Å²) in [6.07, 6.45) is -0.164. The zero-order chi connectivity index (χ0) is 28.9. The summed E-state index contributed by atoms with van der Waals surface area (Å²) in [6.45, 7) is 7.51. The number of benzene rings is 3. The quantitative estimate of drug-likeness (QED) is 0.208. The van der Waals surface area contributed by atoms with Gasteiger partial charge in [-0.25, -0.2) is 0 Å². The third kappa shape index (κ3) is 6.76. The van der Waals surface area contributed by atoms with Gasteiger partial charge in [-0.2, -0.15) is 0 Å². The van der Waals surface area contributed by atoms with E-state index in [9.17, 15) is 4.79 Å². The van der Waals surface area contributed by atoms with E-state index in [4.69, 9.17) is 37.2 Å². The molecule has 0 radical (unpaired) electrons. The van der Waals surface area contributed by atoms with Crippen LogP contribution in [0.2, 0.25) is 10.0 Å². The van der Waals surface area contributed by atoms with Crippen molar-refractivity contribution in [2.45, 2.75) is 26.6 Å². The van der Waals surface area contributed by atoms with Crippen molar-refractivity contribution in [2.24, 2.45) is 0 Å². The molecule has 1 aliphatic rings. The summed E-state index contributed by atoms with van der Waals surface area (Å²) in [4.78, 5) is 17.8. The van der Waals surface area contributed by atoms with E-state index in [0.717, 1.165) is 16.9 Å². The monoisotopic (exact) mass is 593 g/mol. The molecule has 0 spiro atoms. The fraction of sp³-hybridized carbons (Fsp3) is 0.312. The van der Waals surface area contributed by atoms with E-state index < -0.39 is 0 Å². The van der Waals surface area contributed by atoms with Crippen molar-refractivity contribution in [3.05, 3.63) is 105 Å². The number of ether oxygens (including phenoxy) is 2. The van der Waals surface area contributed by atoms with Crippen molar-refractivity contribution in [3.63, 3.8) is 0 Å². The van der Waals surface area contributed by atoms with Crippen LogP contribution in [0.15, 0.2) is 71.3 Å². The van der Waals surface area contributed by atoms with Crippen LogP contribution in [0.25, 0.3) is 11.3 Å². The first-order chi connectivity index (χ1) is 19.8. The van der Waals surface area contributed by atoms with Crippen LogP contribution in [0.1, 0.15) is 38.9 Å². The maximum absolute atomic E-state index is 13.7. The van der Waals surface area contributed by atoms with Crippen LogP contribution in [-0.4, -0.2) is 60.7 Å². The second-order valence-electron chi connectivity index (χ2n) is 10.2. The highest BCUT2D eigenvalue weighted by Crippen LogP contribution is 2.37. The third-order valence-corrected chi connectivity index (χ3v) is 8.03. The summed E-state index contributed by atoms with van der Waals surface area (Å²) < 4.78 is 17.4. The Kier molecular flexibility index (Phi) is 9.30. The van der Waals surface area contributed by atoms with Crippen LogP contribution in [0.4, 0.5) is 0 Å². The fourth-order valence-corrected chi connectivity index (χ4v) is 5.60. The zero-order valence-corrected chi connectivity index (χ0v) is 24.9. The number of piperazine rings is 1. The van der Waals surface area contributed by atoms with E-state index >= 15 is 0 Å². The highest BCUT2D eigenvalue weighted by Gasteiger charge is 2.31. The standard InChI is InChI=1S/C32H33Cl2N3O4/c1-21-10-12-23(13-11-21)20-40-28(24-6-4-7-25(18-24)39-3)19-36-14-16-37(17-15-36)32(38)29-22(2)41-35-31(29)30-26(33)8-5-9-27(30)34/h4-13,18,28H,14-17,19-20H2,1-3H3/t28-/m1/s1. The highest BCUT2D eigenvalue weighted by atomic mass is 35.5. The minimum absolute atomic E-state index is 0.144. The summed E-state index contributed by atoms with van der Waals surface area (Å²) in [5, 5.41) is 4.98. The van der Waals surface area contributed by atoms with Gasteiger partial charge in [-0.3, -0.25) is 9.69 Å². The molecule has 2 heterocycles. The Balaban J connectivity index is 1.28. The summed E-state index contributed by atoms with van der Waals surface area (Å²) in [7, 11) is 1.67. The number of carbonyl (C=O) groups excluding carboxylic acids is 1. The number of aryl methyl sites for hydroxylation is 2. The van der Waals surface area contributed by atoms with Gasteiger partial charge in [-0.15, -0.1) is 0 Å². The topological polar surface area (TPSA) is 68.0 Å². The summed E-state index contributed by atoms with van der Waals surface area (Å²) >= 11 is 12.9. The molecule has 1 amide bonds. The Hall–Kier alpha value is -3.36. The average Bonchev–Trinajstić information content (AvgIpc) is 3.36. The van der Waals surface area contributed by atoms with Gasteiger partial charge >= 0.3 is 0 Å². The van der Waals surface area contributed by atoms with Crippen molar-refractivity contribution >= 4 is 29.1 Å². The number of rotatable bonds is 9. The predicted molar refractivity (Wildman–Crippen MR) is 161 cm³/mol. The van der Waals surface area contributed by atoms with E-state index in [-0.39, 0.29) is 12.0 Å². The Morgan fingerprint density at radius 3 is 2.34 bits per heavy atom. The first-order valence-electron chi connectivity index (χ1n) is 13.6. The van der Waals surface area contributed by atoms with Gasteiger partial charge in [0.05, 0.1) is 29.9 Å². The molecule has 0 bridgehead atoms. The lowest BCUT2D eigenvalue weighted by Crippen LogP contribution is -2.49. The third-order valence-electron chi connectivity index (χ3n) is 7.40. The molecule has 41 heavy (non-hydrogen) atoms. The van der Waals surface area contributed by atoms with Crippen molar-refractivity contribution in [1.29, 1.82) is 0 Å². The van der Waals surface area contributed by atoms with Crippen molar-refractivity contribution in [2.75, 3.05) is 39.8 Å². The SMILES string of the molecule is COc1cccc([C@@H](CN2CCN(C(=O)c3c(-c4c(Cl)cccc4Cl)noc3C)CC2)OCc2ccc(C)cc2)c1. The number of aromatic nitrogens is 1. The summed E-state index contributed by atoms with van der Waals surface area (Å²) in [6, 6.07) is 21.6. The minimum atomic E-state index is -0.164. The number of hydrogen-bond acceptors (Lipinski definition) is 6. The molecular weight excluding hydrogens is 561 g/mol. The van der Waals surface area contributed by atoms with Gasteiger partial charge in [0, 0.05) is 38.3 Å². The van der Waals surface area contributed by atoms with Crippen LogP contribution in [0, 0.1) is 13.8 Å². The number of nitrogens with zero attached hydrogens (tertiary/aromatic N) is 3. The van der Waals surface area contributed by atoms with E-state index in [2.05, 4.69) is 47.3 Å². The molecule has 0 unspecified atom stereocenters. The second-order valence-corrected chi connectivity index (χ2v) is 11.0. The molecule has 0 saturated carbocycles. The zero-order valence-electron chi connectivity index (χ0n) is 23.4. The Bertz CT molecular complexity index is 1480. The van der Waals surface area contributed by atoms with Crippen LogP contribution < -0.4 is 4.74 Å². The Morgan fingerprint density at radius 2 is 1.66 bits per heavy atom. The Labute approximate surface area is 250 Å². The number of methoxy groups -OCH3 is 1. The number of amides is 1.